The van der Waals surface area contributed by atoms with Gasteiger partial charge in [-0.3, -0.25) is 10.1 Å². The van der Waals surface area contributed by atoms with Crippen molar-refractivity contribution in [3.05, 3.63) is 83.2 Å². The van der Waals surface area contributed by atoms with Gasteiger partial charge >= 0.3 is 5.69 Å². The summed E-state index contributed by atoms with van der Waals surface area (Å²) in [5.74, 6) is 0.813. The zero-order valence-corrected chi connectivity index (χ0v) is 15.5. The third-order valence-corrected chi connectivity index (χ3v) is 4.38. The predicted molar refractivity (Wildman–Crippen MR) is 112 cm³/mol. The number of ether oxygens (including phenoxy) is 1. The zero-order chi connectivity index (χ0) is 20.2. The molecular weight excluding hydrogens is 370 g/mol. The van der Waals surface area contributed by atoms with Gasteiger partial charge in [0.2, 0.25) is 11.6 Å². The molecule has 4 rings (SSSR count). The Labute approximate surface area is 166 Å². The number of hydrogen-bond donors (Lipinski definition) is 2. The first-order valence-corrected chi connectivity index (χ1v) is 8.81. The van der Waals surface area contributed by atoms with Crippen molar-refractivity contribution < 1.29 is 9.66 Å². The van der Waals surface area contributed by atoms with Crippen molar-refractivity contribution in [1.82, 2.24) is 9.97 Å². The number of fused-ring (bicyclic) bond motifs is 1. The summed E-state index contributed by atoms with van der Waals surface area (Å²) in [5, 5.41) is 19.9. The van der Waals surface area contributed by atoms with Crippen molar-refractivity contribution in [2.45, 2.75) is 0 Å². The number of rotatable bonds is 6. The topological polar surface area (TPSA) is 102 Å². The van der Waals surface area contributed by atoms with E-state index in [1.54, 1.807) is 31.4 Å². The Kier molecular flexibility index (Phi) is 4.90. The fraction of sp³-hybridized carbons (Fsp3) is 0.0476. The normalized spacial score (nSPS) is 10.5. The number of nitrogens with zero attached hydrogens (tertiary/aromatic N) is 3. The lowest BCUT2D eigenvalue weighted by Crippen LogP contribution is -2.05. The molecule has 0 atom stereocenters. The van der Waals surface area contributed by atoms with Crippen LogP contribution in [0.25, 0.3) is 10.8 Å². The zero-order valence-electron chi connectivity index (χ0n) is 15.5. The Balaban J connectivity index is 1.74. The van der Waals surface area contributed by atoms with E-state index in [1.165, 1.54) is 6.33 Å². The lowest BCUT2D eigenvalue weighted by Gasteiger charge is -2.12. The largest absolute Gasteiger partial charge is 0.497 e. The third kappa shape index (κ3) is 3.77. The van der Waals surface area contributed by atoms with E-state index in [9.17, 15) is 10.1 Å². The molecule has 29 heavy (non-hydrogen) atoms. The smallest absolute Gasteiger partial charge is 0.353 e. The molecule has 0 saturated carbocycles. The minimum absolute atomic E-state index is 0.0842. The molecule has 8 heteroatoms. The van der Waals surface area contributed by atoms with Crippen LogP contribution < -0.4 is 15.4 Å². The van der Waals surface area contributed by atoms with Crippen molar-refractivity contribution >= 4 is 39.5 Å². The van der Waals surface area contributed by atoms with Gasteiger partial charge in [0.25, 0.3) is 0 Å². The molecule has 0 aliphatic carbocycles. The molecule has 3 aromatic carbocycles. The number of anilines is 4. The van der Waals surface area contributed by atoms with E-state index < -0.39 is 4.92 Å². The Hall–Kier alpha value is -4.20. The van der Waals surface area contributed by atoms with Crippen molar-refractivity contribution in [3.8, 4) is 5.75 Å². The van der Waals surface area contributed by atoms with Crippen LogP contribution in [0, 0.1) is 10.1 Å². The van der Waals surface area contributed by atoms with Gasteiger partial charge < -0.3 is 15.4 Å². The highest BCUT2D eigenvalue weighted by molar-refractivity contribution is 5.96. The SMILES string of the molecule is COc1cccc(Nc2ncnc(Nc3cccc4ccccc34)c2[N+](=O)[O-])c1. The first kappa shape index (κ1) is 18.2. The van der Waals surface area contributed by atoms with Gasteiger partial charge in [-0.2, -0.15) is 0 Å². The van der Waals surface area contributed by atoms with Gasteiger partial charge in [0.05, 0.1) is 12.0 Å². The summed E-state index contributed by atoms with van der Waals surface area (Å²) in [6.45, 7) is 0. The average molecular weight is 387 g/mol. The summed E-state index contributed by atoms with van der Waals surface area (Å²) in [6.07, 6.45) is 1.28. The minimum Gasteiger partial charge on any atom is -0.497 e. The quantitative estimate of drug-likeness (QED) is 0.353. The molecule has 0 bridgehead atoms. The lowest BCUT2D eigenvalue weighted by atomic mass is 10.1. The summed E-state index contributed by atoms with van der Waals surface area (Å²) >= 11 is 0. The second-order valence-electron chi connectivity index (χ2n) is 6.19. The highest BCUT2D eigenvalue weighted by atomic mass is 16.6. The van der Waals surface area contributed by atoms with Gasteiger partial charge in [0, 0.05) is 22.8 Å². The van der Waals surface area contributed by atoms with Crippen molar-refractivity contribution in [3.63, 3.8) is 0 Å². The Morgan fingerprint density at radius 3 is 2.45 bits per heavy atom. The summed E-state index contributed by atoms with van der Waals surface area (Å²) in [6, 6.07) is 20.5. The van der Waals surface area contributed by atoms with Crippen LogP contribution in [-0.2, 0) is 0 Å². The average Bonchev–Trinajstić information content (AvgIpc) is 2.74. The van der Waals surface area contributed by atoms with Crippen LogP contribution in [-0.4, -0.2) is 22.0 Å². The van der Waals surface area contributed by atoms with Gasteiger partial charge in [-0.25, -0.2) is 9.97 Å². The first-order chi connectivity index (χ1) is 14.2. The molecule has 1 heterocycles. The van der Waals surface area contributed by atoms with Crippen LogP contribution in [0.3, 0.4) is 0 Å². The van der Waals surface area contributed by atoms with Crippen molar-refractivity contribution in [1.29, 1.82) is 0 Å². The molecule has 0 amide bonds. The molecule has 2 N–H and O–H groups in total. The van der Waals surface area contributed by atoms with Crippen LogP contribution in [0.2, 0.25) is 0 Å². The highest BCUT2D eigenvalue weighted by Crippen LogP contribution is 2.35. The Morgan fingerprint density at radius 2 is 1.66 bits per heavy atom. The highest BCUT2D eigenvalue weighted by Gasteiger charge is 2.23. The van der Waals surface area contributed by atoms with Crippen LogP contribution in [0.5, 0.6) is 5.75 Å². The summed E-state index contributed by atoms with van der Waals surface area (Å²) in [7, 11) is 1.55. The molecule has 0 aliphatic heterocycles. The first-order valence-electron chi connectivity index (χ1n) is 8.81. The number of nitrogens with one attached hydrogen (secondary N) is 2. The summed E-state index contributed by atoms with van der Waals surface area (Å²) < 4.78 is 5.19. The summed E-state index contributed by atoms with van der Waals surface area (Å²) in [5.41, 5.74) is 1.09. The Bertz CT molecular complexity index is 1190. The molecule has 1 aromatic heterocycles. The number of methoxy groups -OCH3 is 1. The monoisotopic (exact) mass is 387 g/mol. The maximum absolute atomic E-state index is 11.8. The van der Waals surface area contributed by atoms with Crippen LogP contribution in [0.15, 0.2) is 73.1 Å². The number of nitro groups is 1. The maximum Gasteiger partial charge on any atom is 0.353 e. The van der Waals surface area contributed by atoms with Crippen LogP contribution in [0.1, 0.15) is 0 Å². The fourth-order valence-corrected chi connectivity index (χ4v) is 3.03. The van der Waals surface area contributed by atoms with E-state index in [0.29, 0.717) is 11.4 Å². The molecule has 144 valence electrons. The van der Waals surface area contributed by atoms with Crippen molar-refractivity contribution in [2.24, 2.45) is 0 Å². The minimum atomic E-state index is -0.504. The lowest BCUT2D eigenvalue weighted by molar-refractivity contribution is -0.383. The van der Waals surface area contributed by atoms with Gasteiger partial charge in [0.15, 0.2) is 0 Å². The van der Waals surface area contributed by atoms with Crippen molar-refractivity contribution in [2.75, 3.05) is 17.7 Å². The molecule has 0 spiro atoms. The van der Waals surface area contributed by atoms with Gasteiger partial charge in [-0.05, 0) is 23.6 Å². The third-order valence-electron chi connectivity index (χ3n) is 4.38. The van der Waals surface area contributed by atoms with Gasteiger partial charge in [-0.1, -0.05) is 42.5 Å². The second kappa shape index (κ2) is 7.81. The number of benzene rings is 3. The molecule has 0 fully saturated rings. The van der Waals surface area contributed by atoms with E-state index in [4.69, 9.17) is 4.74 Å². The molecule has 0 aliphatic rings. The number of hydrogen-bond acceptors (Lipinski definition) is 7. The summed E-state index contributed by atoms with van der Waals surface area (Å²) in [4.78, 5) is 19.5. The van der Waals surface area contributed by atoms with E-state index in [1.807, 2.05) is 42.5 Å². The molecule has 8 nitrogen and oxygen atoms in total. The standard InChI is InChI=1S/C21H17N5O3/c1-29-16-9-5-8-15(12-16)24-20-19(26(27)28)21(23-13-22-20)25-18-11-4-7-14-6-2-3-10-17(14)18/h2-13H,1H3,(H2,22,23,24,25). The van der Waals surface area contributed by atoms with Gasteiger partial charge in [-0.15, -0.1) is 0 Å². The van der Waals surface area contributed by atoms with Gasteiger partial charge in [0.1, 0.15) is 12.1 Å². The van der Waals surface area contributed by atoms with Crippen LogP contribution >= 0.6 is 0 Å². The molecule has 0 radical (unpaired) electrons. The van der Waals surface area contributed by atoms with E-state index in [0.717, 1.165) is 16.5 Å². The van der Waals surface area contributed by atoms with Crippen LogP contribution in [0.4, 0.5) is 28.7 Å². The molecule has 0 unspecified atom stereocenters. The number of aromatic nitrogens is 2. The molecule has 0 saturated heterocycles. The van der Waals surface area contributed by atoms with E-state index in [2.05, 4.69) is 20.6 Å². The molecule has 4 aromatic rings. The Morgan fingerprint density at radius 1 is 0.931 bits per heavy atom. The maximum atomic E-state index is 11.8. The predicted octanol–water partition coefficient (Wildman–Crippen LogP) is 5.03. The van der Waals surface area contributed by atoms with E-state index >= 15 is 0 Å². The fourth-order valence-electron chi connectivity index (χ4n) is 3.03. The van der Waals surface area contributed by atoms with E-state index in [-0.39, 0.29) is 17.3 Å². The molecular formula is C21H17N5O3. The second-order valence-corrected chi connectivity index (χ2v) is 6.19.